The molecule has 0 aromatic carbocycles. The lowest BCUT2D eigenvalue weighted by Gasteiger charge is -2.40. The van der Waals surface area contributed by atoms with Gasteiger partial charge in [-0.15, -0.1) is 0 Å². The van der Waals surface area contributed by atoms with E-state index in [-0.39, 0.29) is 5.82 Å². The summed E-state index contributed by atoms with van der Waals surface area (Å²) in [6.45, 7) is 5.21. The van der Waals surface area contributed by atoms with Gasteiger partial charge in [-0.1, -0.05) is 13.3 Å². The van der Waals surface area contributed by atoms with Gasteiger partial charge in [0, 0.05) is 37.9 Å². The fraction of sp³-hybridized carbons (Fsp3) is 0.688. The molecule has 1 aromatic rings. The summed E-state index contributed by atoms with van der Waals surface area (Å²) in [5.74, 6) is 0.633. The summed E-state index contributed by atoms with van der Waals surface area (Å²) in [5.41, 5.74) is 0.988. The molecule has 1 N–H and O–H groups in total. The maximum Gasteiger partial charge on any atom is 0.141 e. The van der Waals surface area contributed by atoms with Gasteiger partial charge in [0.05, 0.1) is 6.20 Å². The topological polar surface area (TPSA) is 28.2 Å². The van der Waals surface area contributed by atoms with Crippen molar-refractivity contribution in [2.45, 2.75) is 51.2 Å². The first kappa shape index (κ1) is 14.0. The molecule has 1 aliphatic heterocycles. The largest absolute Gasteiger partial charge is 0.311 e. The third-order valence-corrected chi connectivity index (χ3v) is 4.52. The van der Waals surface area contributed by atoms with E-state index < -0.39 is 0 Å². The maximum atomic E-state index is 13.3. The second kappa shape index (κ2) is 6.19. The van der Waals surface area contributed by atoms with E-state index in [0.717, 1.165) is 31.1 Å². The Morgan fingerprint density at radius 3 is 2.95 bits per heavy atom. The molecular weight excluding hydrogens is 253 g/mol. The predicted molar refractivity (Wildman–Crippen MR) is 77.8 cm³/mol. The number of nitrogens with one attached hydrogen (secondary N) is 1. The number of aromatic nitrogens is 1. The minimum absolute atomic E-state index is 0.233. The average Bonchev–Trinajstić information content (AvgIpc) is 3.25. The Morgan fingerprint density at radius 1 is 1.40 bits per heavy atom. The zero-order chi connectivity index (χ0) is 13.9. The van der Waals surface area contributed by atoms with Crippen molar-refractivity contribution in [3.8, 4) is 0 Å². The predicted octanol–water partition coefficient (Wildman–Crippen LogP) is 2.57. The second-order valence-electron chi connectivity index (χ2n) is 6.24. The summed E-state index contributed by atoms with van der Waals surface area (Å²) < 4.78 is 13.3. The number of hydrogen-bond acceptors (Lipinski definition) is 3. The Kier molecular flexibility index (Phi) is 4.32. The Morgan fingerprint density at radius 2 is 2.25 bits per heavy atom. The van der Waals surface area contributed by atoms with Gasteiger partial charge in [0.2, 0.25) is 0 Å². The summed E-state index contributed by atoms with van der Waals surface area (Å²) in [6.07, 6.45) is 8.19. The number of piperazine rings is 1. The van der Waals surface area contributed by atoms with Crippen LogP contribution in [0.4, 0.5) is 4.39 Å². The van der Waals surface area contributed by atoms with Gasteiger partial charge in [-0.3, -0.25) is 9.88 Å². The summed E-state index contributed by atoms with van der Waals surface area (Å²) in [5, 5.41) is 3.71. The van der Waals surface area contributed by atoms with Crippen LogP contribution < -0.4 is 5.32 Å². The molecule has 3 rings (SSSR count). The van der Waals surface area contributed by atoms with Crippen molar-refractivity contribution in [2.75, 3.05) is 13.1 Å². The van der Waals surface area contributed by atoms with Crippen LogP contribution in [0.2, 0.25) is 0 Å². The average molecular weight is 277 g/mol. The van der Waals surface area contributed by atoms with Gasteiger partial charge in [0.15, 0.2) is 0 Å². The van der Waals surface area contributed by atoms with E-state index in [0.29, 0.717) is 12.1 Å². The van der Waals surface area contributed by atoms with Gasteiger partial charge in [-0.2, -0.15) is 0 Å². The number of pyridine rings is 1. The molecule has 2 atom stereocenters. The van der Waals surface area contributed by atoms with Crippen LogP contribution in [0.25, 0.3) is 0 Å². The summed E-state index contributed by atoms with van der Waals surface area (Å²) in [7, 11) is 0. The molecule has 2 fully saturated rings. The molecule has 2 heterocycles. The third kappa shape index (κ3) is 3.36. The molecule has 110 valence electrons. The van der Waals surface area contributed by atoms with Gasteiger partial charge in [-0.25, -0.2) is 4.39 Å². The summed E-state index contributed by atoms with van der Waals surface area (Å²) in [6, 6.07) is 2.81. The lowest BCUT2D eigenvalue weighted by molar-refractivity contribution is 0.108. The number of halogens is 1. The van der Waals surface area contributed by atoms with E-state index in [1.54, 1.807) is 12.3 Å². The van der Waals surface area contributed by atoms with Crippen LogP contribution in [0.3, 0.4) is 0 Å². The van der Waals surface area contributed by atoms with Crippen molar-refractivity contribution in [1.82, 2.24) is 15.2 Å². The Balaban J connectivity index is 1.68. The van der Waals surface area contributed by atoms with E-state index in [1.165, 1.54) is 31.9 Å². The number of nitrogens with zero attached hydrogens (tertiary/aromatic N) is 2. The molecule has 0 spiro atoms. The molecule has 3 nitrogen and oxygen atoms in total. The van der Waals surface area contributed by atoms with Crippen molar-refractivity contribution >= 4 is 0 Å². The van der Waals surface area contributed by atoms with Crippen molar-refractivity contribution in [1.29, 1.82) is 0 Å². The smallest absolute Gasteiger partial charge is 0.141 e. The monoisotopic (exact) mass is 277 g/mol. The molecule has 0 amide bonds. The first-order chi connectivity index (χ1) is 9.76. The normalized spacial score (nSPS) is 27.7. The van der Waals surface area contributed by atoms with Gasteiger partial charge in [-0.05, 0) is 36.8 Å². The van der Waals surface area contributed by atoms with Gasteiger partial charge >= 0.3 is 0 Å². The van der Waals surface area contributed by atoms with E-state index in [2.05, 4.69) is 22.1 Å². The summed E-state index contributed by atoms with van der Waals surface area (Å²) >= 11 is 0. The van der Waals surface area contributed by atoms with Gasteiger partial charge < -0.3 is 5.32 Å². The zero-order valence-electron chi connectivity index (χ0n) is 12.2. The van der Waals surface area contributed by atoms with E-state index in [4.69, 9.17) is 0 Å². The highest BCUT2D eigenvalue weighted by Crippen LogP contribution is 2.34. The zero-order valence-corrected chi connectivity index (χ0v) is 12.2. The molecule has 1 aromatic heterocycles. The molecule has 1 saturated heterocycles. The van der Waals surface area contributed by atoms with Crippen molar-refractivity contribution < 1.29 is 4.39 Å². The van der Waals surface area contributed by atoms with Crippen LogP contribution in [0, 0.1) is 11.7 Å². The minimum atomic E-state index is -0.233. The second-order valence-corrected chi connectivity index (χ2v) is 6.24. The lowest BCUT2D eigenvalue weighted by atomic mass is 10.0. The third-order valence-electron chi connectivity index (χ3n) is 4.52. The Bertz CT molecular complexity index is 447. The molecular formula is C16H24FN3. The van der Waals surface area contributed by atoms with Gasteiger partial charge in [0.1, 0.15) is 5.82 Å². The number of rotatable bonds is 5. The fourth-order valence-corrected chi connectivity index (χ4v) is 3.29. The highest BCUT2D eigenvalue weighted by molar-refractivity contribution is 5.11. The molecule has 0 bridgehead atoms. The first-order valence-electron chi connectivity index (χ1n) is 7.83. The molecule has 4 heteroatoms. The summed E-state index contributed by atoms with van der Waals surface area (Å²) in [4.78, 5) is 6.50. The highest BCUT2D eigenvalue weighted by Gasteiger charge is 2.36. The fourth-order valence-electron chi connectivity index (χ4n) is 3.29. The van der Waals surface area contributed by atoms with E-state index in [1.807, 2.05) is 0 Å². The first-order valence-corrected chi connectivity index (χ1v) is 7.83. The molecule has 20 heavy (non-hydrogen) atoms. The van der Waals surface area contributed by atoms with Crippen molar-refractivity contribution in [3.63, 3.8) is 0 Å². The molecule has 1 saturated carbocycles. The molecule has 0 radical (unpaired) electrons. The van der Waals surface area contributed by atoms with Crippen LogP contribution in [-0.2, 0) is 6.54 Å². The standard InChI is InChI=1S/C16H24FN3/c1-2-3-15-9-19-16(13-4-5-13)11-20(15)10-12-6-14(17)8-18-7-12/h6-8,13,15-16,19H,2-5,9-11H2,1H3. The highest BCUT2D eigenvalue weighted by atomic mass is 19.1. The molecule has 1 aliphatic carbocycles. The number of hydrogen-bond donors (Lipinski definition) is 1. The van der Waals surface area contributed by atoms with Crippen LogP contribution >= 0.6 is 0 Å². The van der Waals surface area contributed by atoms with Crippen molar-refractivity contribution in [3.05, 3.63) is 29.8 Å². The Labute approximate surface area is 120 Å². The van der Waals surface area contributed by atoms with E-state index in [9.17, 15) is 4.39 Å². The molecule has 2 aliphatic rings. The van der Waals surface area contributed by atoms with Crippen molar-refractivity contribution in [2.24, 2.45) is 5.92 Å². The lowest BCUT2D eigenvalue weighted by Crippen LogP contribution is -2.56. The SMILES string of the molecule is CCCC1CNC(C2CC2)CN1Cc1cncc(F)c1. The van der Waals surface area contributed by atoms with Crippen LogP contribution in [0.1, 0.15) is 38.2 Å². The molecule has 2 unspecified atom stereocenters. The van der Waals surface area contributed by atoms with Crippen LogP contribution in [0.5, 0.6) is 0 Å². The quantitative estimate of drug-likeness (QED) is 0.896. The van der Waals surface area contributed by atoms with Gasteiger partial charge in [0.25, 0.3) is 0 Å². The Hall–Kier alpha value is -1.00. The van der Waals surface area contributed by atoms with Crippen LogP contribution in [0.15, 0.2) is 18.5 Å². The maximum absolute atomic E-state index is 13.3. The van der Waals surface area contributed by atoms with Crippen LogP contribution in [-0.4, -0.2) is 35.1 Å². The minimum Gasteiger partial charge on any atom is -0.311 e. The van der Waals surface area contributed by atoms with E-state index >= 15 is 0 Å².